The molecule has 6 rings (SSSR count). The van der Waals surface area contributed by atoms with Crippen molar-refractivity contribution in [3.05, 3.63) is 82.1 Å². The van der Waals surface area contributed by atoms with E-state index < -0.39 is 11.1 Å². The Balaban J connectivity index is 1.24. The fourth-order valence-corrected chi connectivity index (χ4v) is 8.64. The second-order valence-corrected chi connectivity index (χ2v) is 15.7. The molecule has 6 nitrogen and oxygen atoms in total. The number of benzene rings is 2. The number of halogens is 1. The zero-order chi connectivity index (χ0) is 32.7. The van der Waals surface area contributed by atoms with Gasteiger partial charge in [-0.3, -0.25) is 4.98 Å². The van der Waals surface area contributed by atoms with Crippen molar-refractivity contribution in [3.8, 4) is 11.5 Å². The number of nitrogens with zero attached hydrogens (tertiary/aromatic N) is 1. The number of hydrogen-bond acceptors (Lipinski definition) is 6. The standard InChI is InChI=1S/C39H49ClN2O4/c1-25(24-45-34-14-19-41-33-11-6-8-26(2)35(33)34)20-28-21-27-12-13-31(43)23-32(27)38(28)15-17-39(18-16-38,36(44)46-37(3,4)5)42-30-10-7-9-29(40)22-30/h7,9-10,12-14,19,22-23,25-26,28,42-43H,6,8,11,15-18,20-21,24H2,1-5H3/t25-,26-,28?,38?,39?/m1/s1. The first-order valence-corrected chi connectivity index (χ1v) is 17.5. The molecule has 1 heterocycles. The molecule has 7 heteroatoms. The van der Waals surface area contributed by atoms with Gasteiger partial charge in [0.2, 0.25) is 0 Å². The minimum absolute atomic E-state index is 0.145. The van der Waals surface area contributed by atoms with Gasteiger partial charge in [-0.2, -0.15) is 0 Å². The number of phenolic OH excluding ortho intramolecular Hbond substituents is 1. The van der Waals surface area contributed by atoms with Crippen LogP contribution >= 0.6 is 11.6 Å². The van der Waals surface area contributed by atoms with Gasteiger partial charge in [0, 0.05) is 28.2 Å². The lowest BCUT2D eigenvalue weighted by molar-refractivity contribution is -0.162. The second-order valence-electron chi connectivity index (χ2n) is 15.2. The van der Waals surface area contributed by atoms with Crippen molar-refractivity contribution in [2.45, 2.75) is 115 Å². The van der Waals surface area contributed by atoms with Crippen molar-refractivity contribution in [1.82, 2.24) is 4.98 Å². The van der Waals surface area contributed by atoms with Gasteiger partial charge in [-0.05, 0) is 149 Å². The topological polar surface area (TPSA) is 80.7 Å². The lowest BCUT2D eigenvalue weighted by Crippen LogP contribution is -2.55. The maximum absolute atomic E-state index is 14.0. The lowest BCUT2D eigenvalue weighted by atomic mass is 9.59. The van der Waals surface area contributed by atoms with E-state index in [1.54, 1.807) is 0 Å². The summed E-state index contributed by atoms with van der Waals surface area (Å²) < 4.78 is 12.6. The van der Waals surface area contributed by atoms with Crippen LogP contribution in [0.5, 0.6) is 11.5 Å². The van der Waals surface area contributed by atoms with Gasteiger partial charge in [0.05, 0.1) is 6.61 Å². The van der Waals surface area contributed by atoms with Crippen LogP contribution in [0, 0.1) is 11.8 Å². The third kappa shape index (κ3) is 6.60. The molecule has 2 N–H and O–H groups in total. The Morgan fingerprint density at radius 3 is 2.65 bits per heavy atom. The highest BCUT2D eigenvalue weighted by atomic mass is 35.5. The molecule has 3 aromatic rings. The molecule has 1 spiro atoms. The van der Waals surface area contributed by atoms with E-state index in [0.29, 0.717) is 48.0 Å². The number of aromatic hydroxyl groups is 1. The lowest BCUT2D eigenvalue weighted by Gasteiger charge is -2.48. The maximum Gasteiger partial charge on any atom is 0.332 e. The van der Waals surface area contributed by atoms with Crippen LogP contribution in [0.15, 0.2) is 54.7 Å². The first-order chi connectivity index (χ1) is 21.9. The van der Waals surface area contributed by atoms with Crippen molar-refractivity contribution >= 4 is 23.3 Å². The molecule has 2 aromatic carbocycles. The molecule has 1 unspecified atom stereocenters. The highest BCUT2D eigenvalue weighted by Crippen LogP contribution is 2.57. The van der Waals surface area contributed by atoms with E-state index in [1.165, 1.54) is 35.2 Å². The third-order valence-corrected chi connectivity index (χ3v) is 10.9. The van der Waals surface area contributed by atoms with Crippen LogP contribution in [-0.2, 0) is 27.8 Å². The summed E-state index contributed by atoms with van der Waals surface area (Å²) in [6.07, 6.45) is 10.1. The normalized spacial score (nSPS) is 26.2. The summed E-state index contributed by atoms with van der Waals surface area (Å²) in [7, 11) is 0. The molecule has 0 radical (unpaired) electrons. The Morgan fingerprint density at radius 2 is 1.91 bits per heavy atom. The smallest absolute Gasteiger partial charge is 0.332 e. The fourth-order valence-electron chi connectivity index (χ4n) is 8.45. The Morgan fingerprint density at radius 1 is 1.13 bits per heavy atom. The number of pyridine rings is 1. The molecule has 0 aliphatic heterocycles. The van der Waals surface area contributed by atoms with Gasteiger partial charge < -0.3 is 19.9 Å². The zero-order valence-corrected chi connectivity index (χ0v) is 28.8. The number of ether oxygens (including phenoxy) is 2. The SMILES string of the molecule is C[C@@H](COc1ccnc2c1[C@H](C)CCC2)CC1Cc2ccc(O)cc2C12CCC(Nc1cccc(Cl)c1)(C(=O)OC(C)(C)C)CC2. The predicted octanol–water partition coefficient (Wildman–Crippen LogP) is 9.16. The minimum Gasteiger partial charge on any atom is -0.508 e. The van der Waals surface area contributed by atoms with E-state index in [4.69, 9.17) is 21.1 Å². The summed E-state index contributed by atoms with van der Waals surface area (Å²) in [5.74, 6) is 2.23. The van der Waals surface area contributed by atoms with E-state index in [0.717, 1.165) is 43.5 Å². The van der Waals surface area contributed by atoms with Crippen molar-refractivity contribution in [1.29, 1.82) is 0 Å². The number of anilines is 1. The Labute approximate surface area is 279 Å². The molecule has 1 saturated carbocycles. The third-order valence-electron chi connectivity index (χ3n) is 10.7. The number of nitrogens with one attached hydrogen (secondary N) is 1. The summed E-state index contributed by atoms with van der Waals surface area (Å²) >= 11 is 6.34. The molecule has 0 bridgehead atoms. The van der Waals surface area contributed by atoms with Gasteiger partial charge in [-0.15, -0.1) is 0 Å². The van der Waals surface area contributed by atoms with Crippen LogP contribution in [-0.4, -0.2) is 33.8 Å². The first-order valence-electron chi connectivity index (χ1n) is 17.1. The Bertz CT molecular complexity index is 1570. The van der Waals surface area contributed by atoms with Crippen LogP contribution in [0.1, 0.15) is 108 Å². The average molecular weight is 645 g/mol. The number of fused-ring (bicyclic) bond motifs is 3. The zero-order valence-electron chi connectivity index (χ0n) is 28.0. The summed E-state index contributed by atoms with van der Waals surface area (Å²) in [5, 5.41) is 14.8. The van der Waals surface area contributed by atoms with Gasteiger partial charge >= 0.3 is 5.97 Å². The molecule has 3 aliphatic rings. The molecule has 46 heavy (non-hydrogen) atoms. The molecule has 1 aromatic heterocycles. The van der Waals surface area contributed by atoms with Crippen LogP contribution in [0.4, 0.5) is 5.69 Å². The Kier molecular flexibility index (Phi) is 9.06. The van der Waals surface area contributed by atoms with E-state index in [1.807, 2.05) is 69.4 Å². The molecular formula is C39H49ClN2O4. The number of aromatic nitrogens is 1. The predicted molar refractivity (Wildman–Crippen MR) is 184 cm³/mol. The molecule has 3 atom stereocenters. The largest absolute Gasteiger partial charge is 0.508 e. The van der Waals surface area contributed by atoms with Crippen molar-refractivity contribution < 1.29 is 19.4 Å². The number of rotatable bonds is 8. The van der Waals surface area contributed by atoms with Crippen LogP contribution in [0.25, 0.3) is 0 Å². The molecule has 3 aliphatic carbocycles. The van der Waals surface area contributed by atoms with Crippen LogP contribution < -0.4 is 10.1 Å². The summed E-state index contributed by atoms with van der Waals surface area (Å²) in [6, 6.07) is 15.5. The summed E-state index contributed by atoms with van der Waals surface area (Å²) in [5.41, 5.74) is 4.21. The first kappa shape index (κ1) is 32.7. The minimum atomic E-state index is -0.876. The monoisotopic (exact) mass is 644 g/mol. The fraction of sp³-hybridized carbons (Fsp3) is 0.538. The average Bonchev–Trinajstić information content (AvgIpc) is 3.28. The van der Waals surface area contributed by atoms with Crippen molar-refractivity contribution in [2.24, 2.45) is 11.8 Å². The van der Waals surface area contributed by atoms with Crippen LogP contribution in [0.3, 0.4) is 0 Å². The number of carbonyl (C=O) groups is 1. The number of aryl methyl sites for hydroxylation is 1. The van der Waals surface area contributed by atoms with E-state index in [-0.39, 0.29) is 11.4 Å². The quantitative estimate of drug-likeness (QED) is 0.238. The van der Waals surface area contributed by atoms with E-state index in [2.05, 4.69) is 30.2 Å². The second kappa shape index (κ2) is 12.7. The highest BCUT2D eigenvalue weighted by molar-refractivity contribution is 6.30. The van der Waals surface area contributed by atoms with Crippen molar-refractivity contribution in [3.63, 3.8) is 0 Å². The summed E-state index contributed by atoms with van der Waals surface area (Å²) in [6.45, 7) is 11.0. The van der Waals surface area contributed by atoms with Crippen molar-refractivity contribution in [2.75, 3.05) is 11.9 Å². The van der Waals surface area contributed by atoms with Gasteiger partial charge in [-0.25, -0.2) is 4.79 Å². The molecule has 0 saturated heterocycles. The highest BCUT2D eigenvalue weighted by Gasteiger charge is 2.55. The van der Waals surface area contributed by atoms with Gasteiger partial charge in [0.15, 0.2) is 0 Å². The van der Waals surface area contributed by atoms with Gasteiger partial charge in [-0.1, -0.05) is 37.6 Å². The molecule has 0 amide bonds. The number of esters is 1. The maximum atomic E-state index is 14.0. The Hall–Kier alpha value is -3.25. The van der Waals surface area contributed by atoms with Gasteiger partial charge in [0.1, 0.15) is 22.6 Å². The number of hydrogen-bond donors (Lipinski definition) is 2. The van der Waals surface area contributed by atoms with Gasteiger partial charge in [0.25, 0.3) is 0 Å². The molecular weight excluding hydrogens is 596 g/mol. The summed E-state index contributed by atoms with van der Waals surface area (Å²) in [4.78, 5) is 18.6. The number of carbonyl (C=O) groups excluding carboxylic acids is 1. The van der Waals surface area contributed by atoms with E-state index >= 15 is 0 Å². The van der Waals surface area contributed by atoms with Crippen LogP contribution in [0.2, 0.25) is 5.02 Å². The molecule has 1 fully saturated rings. The van der Waals surface area contributed by atoms with E-state index in [9.17, 15) is 9.90 Å². The molecule has 246 valence electrons. The number of phenols is 1.